The molecule has 1 rings (SSSR count). The van der Waals surface area contributed by atoms with E-state index < -0.39 is 0 Å². The van der Waals surface area contributed by atoms with Gasteiger partial charge in [-0.3, -0.25) is 4.79 Å². The topological polar surface area (TPSA) is 17.1 Å². The Morgan fingerprint density at radius 2 is 2.18 bits per heavy atom. The predicted molar refractivity (Wildman–Crippen MR) is 49.2 cm³/mol. The van der Waals surface area contributed by atoms with Crippen LogP contribution in [-0.2, 0) is 0 Å². The minimum Gasteiger partial charge on any atom is -0.294 e. The maximum atomic E-state index is 10.9. The van der Waals surface area contributed by atoms with E-state index >= 15 is 0 Å². The number of rotatable bonds is 1. The average Bonchev–Trinajstić information content (AvgIpc) is 1.94. The Morgan fingerprint density at radius 1 is 1.55 bits per heavy atom. The van der Waals surface area contributed by atoms with Gasteiger partial charge in [0, 0.05) is 10.0 Å². The van der Waals surface area contributed by atoms with Gasteiger partial charge in [-0.1, -0.05) is 27.5 Å². The van der Waals surface area contributed by atoms with Crippen LogP contribution < -0.4 is 0 Å². The molecule has 0 aliphatic rings. The summed E-state index contributed by atoms with van der Waals surface area (Å²) in [6.07, 6.45) is 0. The Morgan fingerprint density at radius 3 is 2.64 bits per heavy atom. The first-order valence-corrected chi connectivity index (χ1v) is 4.24. The molecule has 0 amide bonds. The summed E-state index contributed by atoms with van der Waals surface area (Å²) in [5.41, 5.74) is 0.557. The number of carbonyl (C=O) groups excluding carboxylic acids is 1. The SMILES string of the molecule is CC(=O)c1cc(Br)ccc1Cl. The molecule has 11 heavy (non-hydrogen) atoms. The Hall–Kier alpha value is -0.340. The van der Waals surface area contributed by atoms with E-state index in [-0.39, 0.29) is 5.78 Å². The monoisotopic (exact) mass is 232 g/mol. The van der Waals surface area contributed by atoms with Gasteiger partial charge in [-0.05, 0) is 25.1 Å². The number of ketones is 1. The summed E-state index contributed by atoms with van der Waals surface area (Å²) in [4.78, 5) is 10.9. The smallest absolute Gasteiger partial charge is 0.161 e. The third-order valence-electron chi connectivity index (χ3n) is 1.31. The highest BCUT2D eigenvalue weighted by Gasteiger charge is 2.04. The summed E-state index contributed by atoms with van der Waals surface area (Å²) in [5, 5.41) is 0.501. The van der Waals surface area contributed by atoms with E-state index in [1.54, 1.807) is 18.2 Å². The van der Waals surface area contributed by atoms with Crippen molar-refractivity contribution in [1.82, 2.24) is 0 Å². The minimum atomic E-state index is -0.0173. The fraction of sp³-hybridized carbons (Fsp3) is 0.125. The number of hydrogen-bond acceptors (Lipinski definition) is 1. The van der Waals surface area contributed by atoms with E-state index in [0.717, 1.165) is 4.47 Å². The van der Waals surface area contributed by atoms with Crippen molar-refractivity contribution in [3.8, 4) is 0 Å². The zero-order valence-electron chi connectivity index (χ0n) is 5.90. The van der Waals surface area contributed by atoms with Gasteiger partial charge in [0.15, 0.2) is 5.78 Å². The summed E-state index contributed by atoms with van der Waals surface area (Å²) >= 11 is 9.00. The van der Waals surface area contributed by atoms with Gasteiger partial charge in [-0.2, -0.15) is 0 Å². The lowest BCUT2D eigenvalue weighted by atomic mass is 10.1. The molecule has 1 aromatic carbocycles. The van der Waals surface area contributed by atoms with Crippen molar-refractivity contribution in [3.63, 3.8) is 0 Å². The van der Waals surface area contributed by atoms with Gasteiger partial charge in [-0.25, -0.2) is 0 Å². The molecule has 58 valence electrons. The fourth-order valence-corrected chi connectivity index (χ4v) is 1.38. The molecule has 0 saturated carbocycles. The van der Waals surface area contributed by atoms with Crippen LogP contribution in [0.3, 0.4) is 0 Å². The van der Waals surface area contributed by atoms with E-state index in [4.69, 9.17) is 11.6 Å². The largest absolute Gasteiger partial charge is 0.294 e. The zero-order valence-corrected chi connectivity index (χ0v) is 8.24. The van der Waals surface area contributed by atoms with Gasteiger partial charge in [0.1, 0.15) is 0 Å². The summed E-state index contributed by atoms with van der Waals surface area (Å²) in [7, 11) is 0. The molecule has 0 aliphatic heterocycles. The summed E-state index contributed by atoms with van der Waals surface area (Å²) < 4.78 is 0.868. The van der Waals surface area contributed by atoms with Crippen molar-refractivity contribution in [2.75, 3.05) is 0 Å². The van der Waals surface area contributed by atoms with Crippen LogP contribution in [0.1, 0.15) is 17.3 Å². The van der Waals surface area contributed by atoms with Crippen molar-refractivity contribution >= 4 is 33.3 Å². The van der Waals surface area contributed by atoms with Gasteiger partial charge in [0.25, 0.3) is 0 Å². The van der Waals surface area contributed by atoms with Crippen LogP contribution in [-0.4, -0.2) is 5.78 Å². The fourth-order valence-electron chi connectivity index (χ4n) is 0.767. The number of halogens is 2. The first-order chi connectivity index (χ1) is 5.11. The van der Waals surface area contributed by atoms with Crippen LogP contribution in [0.2, 0.25) is 5.02 Å². The lowest BCUT2D eigenvalue weighted by Gasteiger charge is -1.98. The molecular weight excluding hydrogens is 227 g/mol. The van der Waals surface area contributed by atoms with E-state index in [0.29, 0.717) is 10.6 Å². The molecule has 0 heterocycles. The Labute approximate surface area is 78.5 Å². The first-order valence-electron chi connectivity index (χ1n) is 3.07. The number of Topliss-reactive ketones (excluding diaryl/α,β-unsaturated/α-hetero) is 1. The summed E-state index contributed by atoms with van der Waals surface area (Å²) in [5.74, 6) is -0.0173. The lowest BCUT2D eigenvalue weighted by Crippen LogP contribution is -1.92. The number of carbonyl (C=O) groups is 1. The number of hydrogen-bond donors (Lipinski definition) is 0. The van der Waals surface area contributed by atoms with Crippen molar-refractivity contribution in [3.05, 3.63) is 33.3 Å². The predicted octanol–water partition coefficient (Wildman–Crippen LogP) is 3.31. The van der Waals surface area contributed by atoms with Crippen LogP contribution in [0.15, 0.2) is 22.7 Å². The third-order valence-corrected chi connectivity index (χ3v) is 2.13. The highest BCUT2D eigenvalue weighted by molar-refractivity contribution is 9.10. The standard InChI is InChI=1S/C8H6BrClO/c1-5(11)7-4-6(9)2-3-8(7)10/h2-4H,1H3. The Balaban J connectivity index is 3.23. The van der Waals surface area contributed by atoms with Crippen LogP contribution in [0, 0.1) is 0 Å². The number of benzene rings is 1. The molecule has 3 heteroatoms. The second kappa shape index (κ2) is 3.37. The lowest BCUT2D eigenvalue weighted by molar-refractivity contribution is 0.101. The molecule has 0 unspecified atom stereocenters. The molecule has 0 N–H and O–H groups in total. The van der Waals surface area contributed by atoms with Gasteiger partial charge in [-0.15, -0.1) is 0 Å². The maximum Gasteiger partial charge on any atom is 0.161 e. The maximum absolute atomic E-state index is 10.9. The van der Waals surface area contributed by atoms with Crippen molar-refractivity contribution in [2.24, 2.45) is 0 Å². The quantitative estimate of drug-likeness (QED) is 0.680. The molecule has 1 aromatic rings. The molecular formula is C8H6BrClO. The van der Waals surface area contributed by atoms with Crippen molar-refractivity contribution in [2.45, 2.75) is 6.92 Å². The Bertz CT molecular complexity index is 296. The van der Waals surface area contributed by atoms with Crippen molar-refractivity contribution in [1.29, 1.82) is 0 Å². The molecule has 0 radical (unpaired) electrons. The van der Waals surface area contributed by atoms with E-state index in [1.807, 2.05) is 0 Å². The van der Waals surface area contributed by atoms with E-state index in [9.17, 15) is 4.79 Å². The third kappa shape index (κ3) is 2.04. The summed E-state index contributed by atoms with van der Waals surface area (Å²) in [6, 6.07) is 5.21. The average molecular weight is 233 g/mol. The molecule has 0 aliphatic carbocycles. The zero-order chi connectivity index (χ0) is 8.43. The van der Waals surface area contributed by atoms with Crippen molar-refractivity contribution < 1.29 is 4.79 Å². The van der Waals surface area contributed by atoms with Crippen LogP contribution >= 0.6 is 27.5 Å². The Kier molecular flexibility index (Phi) is 2.68. The second-order valence-electron chi connectivity index (χ2n) is 2.18. The molecule has 0 bridgehead atoms. The molecule has 0 aromatic heterocycles. The second-order valence-corrected chi connectivity index (χ2v) is 3.50. The highest BCUT2D eigenvalue weighted by atomic mass is 79.9. The first kappa shape index (κ1) is 8.75. The molecule has 0 spiro atoms. The van der Waals surface area contributed by atoms with E-state index in [2.05, 4.69) is 15.9 Å². The molecule has 1 nitrogen and oxygen atoms in total. The molecule has 0 saturated heterocycles. The highest BCUT2D eigenvalue weighted by Crippen LogP contribution is 2.20. The van der Waals surface area contributed by atoms with Gasteiger partial charge < -0.3 is 0 Å². The van der Waals surface area contributed by atoms with Gasteiger partial charge in [0.2, 0.25) is 0 Å². The normalized spacial score (nSPS) is 9.73. The van der Waals surface area contributed by atoms with Gasteiger partial charge >= 0.3 is 0 Å². The minimum absolute atomic E-state index is 0.0173. The van der Waals surface area contributed by atoms with Gasteiger partial charge in [0.05, 0.1) is 5.02 Å². The molecule has 0 fully saturated rings. The van der Waals surface area contributed by atoms with Crippen LogP contribution in [0.4, 0.5) is 0 Å². The molecule has 0 atom stereocenters. The van der Waals surface area contributed by atoms with Crippen LogP contribution in [0.25, 0.3) is 0 Å². The van der Waals surface area contributed by atoms with Crippen LogP contribution in [0.5, 0.6) is 0 Å². The van der Waals surface area contributed by atoms with E-state index in [1.165, 1.54) is 6.92 Å². The summed E-state index contributed by atoms with van der Waals surface area (Å²) in [6.45, 7) is 1.49.